The molecule has 6 rings (SSSR count). The van der Waals surface area contributed by atoms with Gasteiger partial charge in [0, 0.05) is 50.1 Å². The molecule has 0 amide bonds. The Hall–Kier alpha value is -2.96. The fourth-order valence-electron chi connectivity index (χ4n) is 8.27. The van der Waals surface area contributed by atoms with Gasteiger partial charge < -0.3 is 10.0 Å². The van der Waals surface area contributed by atoms with Gasteiger partial charge in [-0.25, -0.2) is 0 Å². The van der Waals surface area contributed by atoms with Gasteiger partial charge in [-0.15, -0.1) is 0 Å². The molecule has 1 aromatic heterocycles. The number of nitrogens with zero attached hydrogens (tertiary/aromatic N) is 4. The van der Waals surface area contributed by atoms with Gasteiger partial charge in [0.05, 0.1) is 5.69 Å². The molecule has 2 saturated heterocycles. The van der Waals surface area contributed by atoms with Crippen molar-refractivity contribution in [2.45, 2.75) is 89.1 Å². The zero-order chi connectivity index (χ0) is 29.6. The molecule has 3 heterocycles. The van der Waals surface area contributed by atoms with Crippen LogP contribution in [0.1, 0.15) is 92.6 Å². The highest BCUT2D eigenvalue weighted by Gasteiger charge is 2.43. The second kappa shape index (κ2) is 14.2. The minimum Gasteiger partial charge on any atom is -0.480 e. The minimum atomic E-state index is -0.616. The van der Waals surface area contributed by atoms with E-state index in [1.165, 1.54) is 41.8 Å². The molecule has 1 aliphatic carbocycles. The average Bonchev–Trinajstić information content (AvgIpc) is 3.63. The number of likely N-dealkylation sites (tertiary alicyclic amines) is 2. The Labute approximate surface area is 258 Å². The summed E-state index contributed by atoms with van der Waals surface area (Å²) in [5, 5.41) is 15.5. The Morgan fingerprint density at radius 3 is 2.30 bits per heavy atom. The van der Waals surface area contributed by atoms with Crippen molar-refractivity contribution in [2.75, 3.05) is 32.7 Å². The number of carboxylic acids is 1. The molecule has 43 heavy (non-hydrogen) atoms. The van der Waals surface area contributed by atoms with Crippen LogP contribution in [0, 0.1) is 11.8 Å². The third-order valence-electron chi connectivity index (χ3n) is 10.5. The number of benzene rings is 2. The Morgan fingerprint density at radius 1 is 0.930 bits per heavy atom. The van der Waals surface area contributed by atoms with Gasteiger partial charge in [0.2, 0.25) is 0 Å². The Bertz CT molecular complexity index is 1290. The smallest absolute Gasteiger partial charge is 0.321 e. The van der Waals surface area contributed by atoms with Crippen LogP contribution in [0.3, 0.4) is 0 Å². The summed E-state index contributed by atoms with van der Waals surface area (Å²) < 4.78 is 2.25. The number of rotatable bonds is 11. The van der Waals surface area contributed by atoms with Gasteiger partial charge in [-0.1, -0.05) is 86.8 Å². The SMILES string of the molecule is CCCn1nc(C2CCN(C[C@H]3CN([C@@H](C(=O)O)C4CCCCC4)C[C@@H]3c3ccccc3)CC2)cc1Cc1ccccc1. The standard InChI is InChI=1S/C37H50N4O2/c1-2-20-41-33(23-28-12-6-3-7-13-28)24-35(38-41)30-18-21-39(22-19-30)25-32-26-40(27-34(32)29-14-8-4-9-15-29)36(37(42)43)31-16-10-5-11-17-31/h3-4,6-9,12-15,24,30-32,34,36H,2,5,10-11,16-23,25-27H2,1H3,(H,42,43)/t32-,34+,36+/m0/s1. The highest BCUT2D eigenvalue weighted by Crippen LogP contribution is 2.39. The van der Waals surface area contributed by atoms with E-state index in [-0.39, 0.29) is 12.0 Å². The summed E-state index contributed by atoms with van der Waals surface area (Å²) in [6.07, 6.45) is 10.0. The third-order valence-corrected chi connectivity index (χ3v) is 10.5. The molecule has 3 aliphatic rings. The number of piperidine rings is 1. The maximum Gasteiger partial charge on any atom is 0.321 e. The van der Waals surface area contributed by atoms with Gasteiger partial charge in [0.1, 0.15) is 6.04 Å². The third kappa shape index (κ3) is 7.24. The molecule has 2 aliphatic heterocycles. The van der Waals surface area contributed by atoms with Gasteiger partial charge in [0.15, 0.2) is 0 Å². The molecule has 1 N–H and O–H groups in total. The van der Waals surface area contributed by atoms with Crippen LogP contribution in [0.15, 0.2) is 66.7 Å². The summed E-state index contributed by atoms with van der Waals surface area (Å²) in [7, 11) is 0. The highest BCUT2D eigenvalue weighted by molar-refractivity contribution is 5.74. The lowest BCUT2D eigenvalue weighted by Gasteiger charge is -2.35. The molecule has 2 aromatic carbocycles. The van der Waals surface area contributed by atoms with Gasteiger partial charge >= 0.3 is 5.97 Å². The van der Waals surface area contributed by atoms with Crippen molar-refractivity contribution in [3.05, 3.63) is 89.2 Å². The maximum absolute atomic E-state index is 12.6. The van der Waals surface area contributed by atoms with E-state index in [0.717, 1.165) is 77.8 Å². The molecule has 6 nitrogen and oxygen atoms in total. The first-order valence-corrected chi connectivity index (χ1v) is 16.9. The van der Waals surface area contributed by atoms with Crippen molar-refractivity contribution < 1.29 is 9.90 Å². The zero-order valence-corrected chi connectivity index (χ0v) is 26.0. The maximum atomic E-state index is 12.6. The zero-order valence-electron chi connectivity index (χ0n) is 26.0. The van der Waals surface area contributed by atoms with Crippen molar-refractivity contribution in [1.29, 1.82) is 0 Å². The molecule has 0 unspecified atom stereocenters. The highest BCUT2D eigenvalue weighted by atomic mass is 16.4. The Morgan fingerprint density at radius 2 is 1.63 bits per heavy atom. The van der Waals surface area contributed by atoms with Crippen LogP contribution in [-0.4, -0.2) is 69.4 Å². The second-order valence-corrected chi connectivity index (χ2v) is 13.4. The van der Waals surface area contributed by atoms with Crippen LogP contribution in [0.4, 0.5) is 0 Å². The molecule has 0 bridgehead atoms. The lowest BCUT2D eigenvalue weighted by molar-refractivity contribution is -0.145. The fraction of sp³-hybridized carbons (Fsp3) is 0.568. The van der Waals surface area contributed by atoms with Crippen molar-refractivity contribution >= 4 is 5.97 Å². The Balaban J connectivity index is 1.12. The summed E-state index contributed by atoms with van der Waals surface area (Å²) in [5.74, 6) is 1.02. The van der Waals surface area contributed by atoms with Crippen LogP contribution < -0.4 is 0 Å². The van der Waals surface area contributed by atoms with E-state index in [2.05, 4.69) is 88.1 Å². The Kier molecular flexibility index (Phi) is 9.95. The molecular weight excluding hydrogens is 532 g/mol. The second-order valence-electron chi connectivity index (χ2n) is 13.4. The van der Waals surface area contributed by atoms with E-state index in [0.29, 0.717) is 17.8 Å². The lowest BCUT2D eigenvalue weighted by Crippen LogP contribution is -2.46. The average molecular weight is 583 g/mol. The van der Waals surface area contributed by atoms with E-state index in [1.54, 1.807) is 0 Å². The summed E-state index contributed by atoms with van der Waals surface area (Å²) in [5.41, 5.74) is 5.30. The van der Waals surface area contributed by atoms with E-state index in [9.17, 15) is 9.90 Å². The number of aryl methyl sites for hydroxylation is 1. The minimum absolute atomic E-state index is 0.288. The van der Waals surface area contributed by atoms with E-state index < -0.39 is 5.97 Å². The number of aliphatic carboxylic acids is 1. The normalized spacial score (nSPS) is 23.5. The molecule has 6 heteroatoms. The van der Waals surface area contributed by atoms with Crippen LogP contribution in [0.25, 0.3) is 0 Å². The number of hydrogen-bond acceptors (Lipinski definition) is 4. The van der Waals surface area contributed by atoms with Gasteiger partial charge in [0.25, 0.3) is 0 Å². The number of carboxylic acid groups (broad SMARTS) is 1. The van der Waals surface area contributed by atoms with Crippen LogP contribution in [0.2, 0.25) is 0 Å². The largest absolute Gasteiger partial charge is 0.480 e. The molecule has 230 valence electrons. The molecule has 3 fully saturated rings. The number of hydrogen-bond donors (Lipinski definition) is 1. The summed E-state index contributed by atoms with van der Waals surface area (Å²) in [6, 6.07) is 23.7. The molecule has 0 spiro atoms. The van der Waals surface area contributed by atoms with Crippen molar-refractivity contribution in [2.24, 2.45) is 11.8 Å². The summed E-state index contributed by atoms with van der Waals surface area (Å²) >= 11 is 0. The van der Waals surface area contributed by atoms with Crippen LogP contribution in [0.5, 0.6) is 0 Å². The van der Waals surface area contributed by atoms with Crippen molar-refractivity contribution in [1.82, 2.24) is 19.6 Å². The van der Waals surface area contributed by atoms with E-state index >= 15 is 0 Å². The summed E-state index contributed by atoms with van der Waals surface area (Å²) in [4.78, 5) is 17.6. The molecule has 3 aromatic rings. The molecule has 1 saturated carbocycles. The van der Waals surface area contributed by atoms with E-state index in [4.69, 9.17) is 5.10 Å². The lowest BCUT2D eigenvalue weighted by atomic mass is 9.83. The fourth-order valence-corrected chi connectivity index (χ4v) is 8.27. The first-order chi connectivity index (χ1) is 21.1. The molecule has 3 atom stereocenters. The van der Waals surface area contributed by atoms with Gasteiger partial charge in [-0.05, 0) is 74.2 Å². The number of carbonyl (C=O) groups is 1. The monoisotopic (exact) mass is 582 g/mol. The van der Waals surface area contributed by atoms with E-state index in [1.807, 2.05) is 0 Å². The van der Waals surface area contributed by atoms with Crippen LogP contribution >= 0.6 is 0 Å². The quantitative estimate of drug-likeness (QED) is 0.269. The van der Waals surface area contributed by atoms with Gasteiger partial charge in [-0.2, -0.15) is 5.10 Å². The number of aromatic nitrogens is 2. The van der Waals surface area contributed by atoms with Crippen molar-refractivity contribution in [3.63, 3.8) is 0 Å². The van der Waals surface area contributed by atoms with Crippen LogP contribution in [-0.2, 0) is 17.8 Å². The summed E-state index contributed by atoms with van der Waals surface area (Å²) in [6.45, 7) is 8.16. The van der Waals surface area contributed by atoms with Gasteiger partial charge in [-0.3, -0.25) is 14.4 Å². The van der Waals surface area contributed by atoms with Crippen molar-refractivity contribution in [3.8, 4) is 0 Å². The topological polar surface area (TPSA) is 61.6 Å². The first-order valence-electron chi connectivity index (χ1n) is 16.9. The predicted molar refractivity (Wildman–Crippen MR) is 172 cm³/mol. The predicted octanol–water partition coefficient (Wildman–Crippen LogP) is 6.81. The first kappa shape index (κ1) is 30.1. The molecule has 0 radical (unpaired) electrons. The molecular formula is C37H50N4O2.